The molecular weight excluding hydrogens is 206 g/mol. The van der Waals surface area contributed by atoms with Crippen molar-refractivity contribution in [3.63, 3.8) is 0 Å². The van der Waals surface area contributed by atoms with E-state index in [1.165, 1.54) is 0 Å². The standard InChI is InChI=1S/C12H21NO3/c1-3-7-11(14)13-9-6-5-8-10(13)12(15)16-4-2/h10H,3-9H2,1-2H3. The van der Waals surface area contributed by atoms with Gasteiger partial charge in [0.1, 0.15) is 6.04 Å². The van der Waals surface area contributed by atoms with Crippen molar-refractivity contribution in [2.24, 2.45) is 0 Å². The van der Waals surface area contributed by atoms with Crippen molar-refractivity contribution in [3.05, 3.63) is 0 Å². The van der Waals surface area contributed by atoms with Gasteiger partial charge in [0.25, 0.3) is 0 Å². The summed E-state index contributed by atoms with van der Waals surface area (Å²) in [6, 6.07) is -0.340. The fraction of sp³-hybridized carbons (Fsp3) is 0.833. The molecule has 4 nitrogen and oxygen atoms in total. The first kappa shape index (κ1) is 13.0. The van der Waals surface area contributed by atoms with Crippen molar-refractivity contribution in [2.45, 2.75) is 52.0 Å². The van der Waals surface area contributed by atoms with Crippen LogP contribution in [0.5, 0.6) is 0 Å². The molecule has 0 spiro atoms. The highest BCUT2D eigenvalue weighted by atomic mass is 16.5. The SMILES string of the molecule is CCCC(=O)N1CCCCC1C(=O)OCC. The van der Waals surface area contributed by atoms with Crippen LogP contribution in [0, 0.1) is 0 Å². The second kappa shape index (κ2) is 6.51. The summed E-state index contributed by atoms with van der Waals surface area (Å²) < 4.78 is 5.01. The normalized spacial score (nSPS) is 20.6. The van der Waals surface area contributed by atoms with Crippen LogP contribution in [0.4, 0.5) is 0 Å². The number of hydrogen-bond acceptors (Lipinski definition) is 3. The minimum Gasteiger partial charge on any atom is -0.464 e. The maximum Gasteiger partial charge on any atom is 0.328 e. The van der Waals surface area contributed by atoms with Crippen molar-refractivity contribution >= 4 is 11.9 Å². The smallest absolute Gasteiger partial charge is 0.328 e. The molecule has 1 heterocycles. The summed E-state index contributed by atoms with van der Waals surface area (Å²) in [5, 5.41) is 0. The second-order valence-electron chi connectivity index (χ2n) is 4.10. The van der Waals surface area contributed by atoms with E-state index < -0.39 is 0 Å². The van der Waals surface area contributed by atoms with E-state index in [-0.39, 0.29) is 17.9 Å². The fourth-order valence-electron chi connectivity index (χ4n) is 2.07. The minimum absolute atomic E-state index is 0.0836. The van der Waals surface area contributed by atoms with Gasteiger partial charge >= 0.3 is 5.97 Å². The second-order valence-corrected chi connectivity index (χ2v) is 4.10. The Kier molecular flexibility index (Phi) is 5.29. The van der Waals surface area contributed by atoms with Crippen LogP contribution < -0.4 is 0 Å². The molecule has 1 unspecified atom stereocenters. The van der Waals surface area contributed by atoms with Crippen LogP contribution in [0.15, 0.2) is 0 Å². The lowest BCUT2D eigenvalue weighted by molar-refractivity contribution is -0.156. The summed E-state index contributed by atoms with van der Waals surface area (Å²) in [6.07, 6.45) is 4.08. The number of ether oxygens (including phenoxy) is 1. The van der Waals surface area contributed by atoms with E-state index in [0.29, 0.717) is 19.6 Å². The highest BCUT2D eigenvalue weighted by Crippen LogP contribution is 2.19. The van der Waals surface area contributed by atoms with Gasteiger partial charge in [-0.3, -0.25) is 4.79 Å². The third-order valence-corrected chi connectivity index (χ3v) is 2.85. The number of likely N-dealkylation sites (tertiary alicyclic amines) is 1. The zero-order valence-electron chi connectivity index (χ0n) is 10.2. The molecule has 0 aromatic heterocycles. The van der Waals surface area contributed by atoms with E-state index in [1.54, 1.807) is 11.8 Å². The average molecular weight is 227 g/mol. The Labute approximate surface area is 96.9 Å². The molecule has 1 amide bonds. The van der Waals surface area contributed by atoms with Gasteiger partial charge in [-0.15, -0.1) is 0 Å². The maximum atomic E-state index is 11.8. The summed E-state index contributed by atoms with van der Waals surface area (Å²) in [5.41, 5.74) is 0. The molecule has 1 aliphatic heterocycles. The van der Waals surface area contributed by atoms with E-state index in [9.17, 15) is 9.59 Å². The van der Waals surface area contributed by atoms with Gasteiger partial charge in [0.15, 0.2) is 0 Å². The maximum absolute atomic E-state index is 11.8. The van der Waals surface area contributed by atoms with Crippen molar-refractivity contribution < 1.29 is 14.3 Å². The number of nitrogens with zero attached hydrogens (tertiary/aromatic N) is 1. The first-order valence-corrected chi connectivity index (χ1v) is 6.16. The molecule has 16 heavy (non-hydrogen) atoms. The van der Waals surface area contributed by atoms with Crippen LogP contribution in [0.3, 0.4) is 0 Å². The Bertz CT molecular complexity index is 227. The molecule has 0 bridgehead atoms. The molecule has 1 aliphatic rings. The third kappa shape index (κ3) is 3.22. The van der Waals surface area contributed by atoms with Gasteiger partial charge in [-0.25, -0.2) is 4.79 Å². The van der Waals surface area contributed by atoms with Crippen LogP contribution in [-0.2, 0) is 14.3 Å². The highest BCUT2D eigenvalue weighted by molar-refractivity contribution is 5.84. The number of rotatable bonds is 4. The molecule has 0 radical (unpaired) electrons. The Hall–Kier alpha value is -1.06. The zero-order valence-corrected chi connectivity index (χ0v) is 10.2. The van der Waals surface area contributed by atoms with Crippen LogP contribution in [0.2, 0.25) is 0 Å². The number of esters is 1. The van der Waals surface area contributed by atoms with Gasteiger partial charge in [0.05, 0.1) is 6.61 Å². The number of piperidine rings is 1. The van der Waals surface area contributed by atoms with Gasteiger partial charge in [-0.1, -0.05) is 6.92 Å². The van der Waals surface area contributed by atoms with Gasteiger partial charge in [-0.2, -0.15) is 0 Å². The third-order valence-electron chi connectivity index (χ3n) is 2.85. The molecule has 0 aromatic carbocycles. The van der Waals surface area contributed by atoms with E-state index in [4.69, 9.17) is 4.74 Å². The molecule has 92 valence electrons. The molecule has 1 atom stereocenters. The fourth-order valence-corrected chi connectivity index (χ4v) is 2.07. The average Bonchev–Trinajstić information content (AvgIpc) is 2.30. The number of carbonyl (C=O) groups is 2. The molecule has 0 N–H and O–H groups in total. The predicted molar refractivity (Wildman–Crippen MR) is 60.9 cm³/mol. The summed E-state index contributed by atoms with van der Waals surface area (Å²) in [5.74, 6) is -0.160. The van der Waals surface area contributed by atoms with E-state index in [1.807, 2.05) is 6.92 Å². The monoisotopic (exact) mass is 227 g/mol. The Morgan fingerprint density at radius 2 is 2.06 bits per heavy atom. The van der Waals surface area contributed by atoms with E-state index >= 15 is 0 Å². The van der Waals surface area contributed by atoms with Crippen LogP contribution >= 0.6 is 0 Å². The van der Waals surface area contributed by atoms with Gasteiger partial charge < -0.3 is 9.64 Å². The van der Waals surface area contributed by atoms with Crippen LogP contribution in [-0.4, -0.2) is 36.0 Å². The number of hydrogen-bond donors (Lipinski definition) is 0. The molecule has 0 aromatic rings. The molecule has 4 heteroatoms. The summed E-state index contributed by atoms with van der Waals surface area (Å²) >= 11 is 0. The molecule has 1 fully saturated rings. The van der Waals surface area contributed by atoms with Gasteiger partial charge in [0.2, 0.25) is 5.91 Å². The lowest BCUT2D eigenvalue weighted by Crippen LogP contribution is -2.48. The Morgan fingerprint density at radius 3 is 2.69 bits per heavy atom. The zero-order chi connectivity index (χ0) is 12.0. The number of amides is 1. The van der Waals surface area contributed by atoms with E-state index in [0.717, 1.165) is 25.7 Å². The quantitative estimate of drug-likeness (QED) is 0.687. The van der Waals surface area contributed by atoms with E-state index in [2.05, 4.69) is 0 Å². The summed E-state index contributed by atoms with van der Waals surface area (Å²) in [6.45, 7) is 4.84. The Morgan fingerprint density at radius 1 is 1.31 bits per heavy atom. The van der Waals surface area contributed by atoms with Crippen molar-refractivity contribution in [1.82, 2.24) is 4.90 Å². The van der Waals surface area contributed by atoms with Crippen molar-refractivity contribution in [2.75, 3.05) is 13.2 Å². The largest absolute Gasteiger partial charge is 0.464 e. The summed E-state index contributed by atoms with van der Waals surface area (Å²) in [4.78, 5) is 25.2. The molecule has 1 saturated heterocycles. The first-order valence-electron chi connectivity index (χ1n) is 6.16. The van der Waals surface area contributed by atoms with Crippen LogP contribution in [0.1, 0.15) is 46.0 Å². The van der Waals surface area contributed by atoms with Crippen molar-refractivity contribution in [1.29, 1.82) is 0 Å². The molecule has 0 saturated carbocycles. The highest BCUT2D eigenvalue weighted by Gasteiger charge is 2.32. The molecule has 0 aliphatic carbocycles. The van der Waals surface area contributed by atoms with Crippen LogP contribution in [0.25, 0.3) is 0 Å². The summed E-state index contributed by atoms with van der Waals surface area (Å²) in [7, 11) is 0. The van der Waals surface area contributed by atoms with Crippen molar-refractivity contribution in [3.8, 4) is 0 Å². The number of carbonyl (C=O) groups excluding carboxylic acids is 2. The van der Waals surface area contributed by atoms with Gasteiger partial charge in [-0.05, 0) is 32.6 Å². The first-order chi connectivity index (χ1) is 7.70. The van der Waals surface area contributed by atoms with Gasteiger partial charge in [0, 0.05) is 13.0 Å². The Balaban J connectivity index is 2.63. The topological polar surface area (TPSA) is 46.6 Å². The lowest BCUT2D eigenvalue weighted by Gasteiger charge is -2.34. The molecular formula is C12H21NO3. The molecule has 1 rings (SSSR count). The minimum atomic E-state index is -0.340. The predicted octanol–water partition coefficient (Wildman–Crippen LogP) is 1.73. The lowest BCUT2D eigenvalue weighted by atomic mass is 10.0.